The van der Waals surface area contributed by atoms with Crippen LogP contribution in [-0.4, -0.2) is 27.3 Å². The van der Waals surface area contributed by atoms with E-state index in [0.717, 1.165) is 6.07 Å². The fraction of sp³-hybridized carbons (Fsp3) is 0.105. The maximum Gasteiger partial charge on any atom is 0.311 e. The van der Waals surface area contributed by atoms with Gasteiger partial charge >= 0.3 is 11.9 Å². The number of benzene rings is 2. The van der Waals surface area contributed by atoms with Crippen LogP contribution >= 0.6 is 0 Å². The van der Waals surface area contributed by atoms with Crippen molar-refractivity contribution in [3.63, 3.8) is 0 Å². The topological polar surface area (TPSA) is 134 Å². The molecule has 3 rings (SSSR count). The maximum atomic E-state index is 12.6. The number of phenols is 2. The lowest BCUT2D eigenvalue weighted by atomic mass is 10.1. The Morgan fingerprint density at radius 2 is 1.74 bits per heavy atom. The highest BCUT2D eigenvalue weighted by molar-refractivity contribution is 5.92. The van der Waals surface area contributed by atoms with E-state index in [9.17, 15) is 24.6 Å². The normalized spacial score (nSPS) is 10.7. The quantitative estimate of drug-likeness (QED) is 0.354. The molecule has 138 valence electrons. The van der Waals surface area contributed by atoms with Crippen LogP contribution < -0.4 is 10.2 Å². The molecule has 0 fully saturated rings. The van der Waals surface area contributed by atoms with Crippen LogP contribution in [0.3, 0.4) is 0 Å². The molecule has 0 amide bonds. The molecule has 8 nitrogen and oxygen atoms in total. The first-order chi connectivity index (χ1) is 12.9. The third kappa shape index (κ3) is 3.74. The van der Waals surface area contributed by atoms with E-state index in [1.807, 2.05) is 0 Å². The van der Waals surface area contributed by atoms with Gasteiger partial charge in [0.25, 0.3) is 0 Å². The van der Waals surface area contributed by atoms with Crippen molar-refractivity contribution in [2.24, 2.45) is 0 Å². The molecule has 0 aliphatic heterocycles. The van der Waals surface area contributed by atoms with Crippen molar-refractivity contribution in [1.82, 2.24) is 0 Å². The smallest absolute Gasteiger partial charge is 0.311 e. The van der Waals surface area contributed by atoms with E-state index >= 15 is 0 Å². The Morgan fingerprint density at radius 1 is 1.04 bits per heavy atom. The van der Waals surface area contributed by atoms with Crippen LogP contribution in [0.4, 0.5) is 0 Å². The highest BCUT2D eigenvalue weighted by atomic mass is 16.5. The molecule has 0 atom stereocenters. The summed E-state index contributed by atoms with van der Waals surface area (Å²) < 4.78 is 10.6. The van der Waals surface area contributed by atoms with Gasteiger partial charge in [-0.1, -0.05) is 30.3 Å². The number of carbonyl (C=O) groups excluding carboxylic acids is 1. The van der Waals surface area contributed by atoms with Gasteiger partial charge in [-0.3, -0.25) is 14.4 Å². The average Bonchev–Trinajstić information content (AvgIpc) is 2.64. The molecule has 0 bridgehead atoms. The number of ether oxygens (including phenoxy) is 1. The summed E-state index contributed by atoms with van der Waals surface area (Å²) in [5.41, 5.74) is -0.0896. The van der Waals surface area contributed by atoms with Crippen molar-refractivity contribution >= 4 is 22.9 Å². The van der Waals surface area contributed by atoms with E-state index in [1.54, 1.807) is 30.3 Å². The van der Waals surface area contributed by atoms with Gasteiger partial charge in [0, 0.05) is 17.7 Å². The largest absolute Gasteiger partial charge is 0.504 e. The zero-order valence-electron chi connectivity index (χ0n) is 13.8. The van der Waals surface area contributed by atoms with E-state index in [4.69, 9.17) is 14.3 Å². The molecule has 2 aromatic carbocycles. The third-order valence-electron chi connectivity index (χ3n) is 3.74. The Balaban J connectivity index is 2.11. The summed E-state index contributed by atoms with van der Waals surface area (Å²) in [5, 5.41) is 28.3. The lowest BCUT2D eigenvalue weighted by Gasteiger charge is -2.11. The van der Waals surface area contributed by atoms with E-state index in [0.29, 0.717) is 5.56 Å². The fourth-order valence-electron chi connectivity index (χ4n) is 2.48. The van der Waals surface area contributed by atoms with Gasteiger partial charge in [0.15, 0.2) is 16.9 Å². The Hall–Kier alpha value is -3.81. The second kappa shape index (κ2) is 7.20. The van der Waals surface area contributed by atoms with E-state index in [2.05, 4.69) is 0 Å². The number of aromatic hydroxyl groups is 2. The second-order valence-corrected chi connectivity index (χ2v) is 5.66. The lowest BCUT2D eigenvalue weighted by molar-refractivity contribution is -0.142. The number of carboxylic acid groups (broad SMARTS) is 1. The van der Waals surface area contributed by atoms with Gasteiger partial charge in [-0.2, -0.15) is 0 Å². The minimum absolute atomic E-state index is 0.0994. The summed E-state index contributed by atoms with van der Waals surface area (Å²) >= 11 is 0. The van der Waals surface area contributed by atoms with Crippen LogP contribution in [0.25, 0.3) is 22.3 Å². The zero-order valence-corrected chi connectivity index (χ0v) is 13.8. The summed E-state index contributed by atoms with van der Waals surface area (Å²) in [7, 11) is 0. The van der Waals surface area contributed by atoms with Crippen molar-refractivity contribution in [2.75, 3.05) is 0 Å². The number of carbonyl (C=O) groups is 2. The van der Waals surface area contributed by atoms with E-state index < -0.39 is 47.5 Å². The van der Waals surface area contributed by atoms with Crippen molar-refractivity contribution in [3.8, 4) is 28.6 Å². The molecule has 27 heavy (non-hydrogen) atoms. The Bertz CT molecular complexity index is 1080. The molecule has 1 aromatic heterocycles. The van der Waals surface area contributed by atoms with Gasteiger partial charge < -0.3 is 24.5 Å². The lowest BCUT2D eigenvalue weighted by Crippen LogP contribution is -2.12. The fourth-order valence-corrected chi connectivity index (χ4v) is 2.48. The van der Waals surface area contributed by atoms with Gasteiger partial charge in [0.2, 0.25) is 5.75 Å². The van der Waals surface area contributed by atoms with Gasteiger partial charge in [-0.05, 0) is 0 Å². The molecule has 0 saturated carbocycles. The Morgan fingerprint density at radius 3 is 2.41 bits per heavy atom. The van der Waals surface area contributed by atoms with Crippen LogP contribution in [0.5, 0.6) is 17.2 Å². The van der Waals surface area contributed by atoms with Crippen molar-refractivity contribution in [3.05, 3.63) is 52.7 Å². The SMILES string of the molecule is O=C(O)CCC(=O)Oc1c(O)c(O)cc2oc(-c3ccccc3)cc(=O)c12. The minimum Gasteiger partial charge on any atom is -0.504 e. The van der Waals surface area contributed by atoms with Crippen molar-refractivity contribution in [1.29, 1.82) is 0 Å². The molecule has 3 aromatic rings. The number of phenolic OH excluding ortho intramolecular Hbond substituents is 2. The van der Waals surface area contributed by atoms with Crippen LogP contribution in [-0.2, 0) is 9.59 Å². The van der Waals surface area contributed by atoms with Gasteiger partial charge in [0.05, 0.1) is 12.8 Å². The molecule has 1 heterocycles. The summed E-state index contributed by atoms with van der Waals surface area (Å²) in [6, 6.07) is 10.9. The van der Waals surface area contributed by atoms with Gasteiger partial charge in [-0.15, -0.1) is 0 Å². The summed E-state index contributed by atoms with van der Waals surface area (Å²) in [6.07, 6.45) is -0.956. The van der Waals surface area contributed by atoms with Crippen LogP contribution in [0.2, 0.25) is 0 Å². The number of esters is 1. The molecule has 8 heteroatoms. The van der Waals surface area contributed by atoms with E-state index in [1.165, 1.54) is 6.07 Å². The highest BCUT2D eigenvalue weighted by Crippen LogP contribution is 2.41. The van der Waals surface area contributed by atoms with Crippen LogP contribution in [0, 0.1) is 0 Å². The predicted molar refractivity (Wildman–Crippen MR) is 93.8 cm³/mol. The van der Waals surface area contributed by atoms with Crippen LogP contribution in [0.15, 0.2) is 51.7 Å². The number of fused-ring (bicyclic) bond motifs is 1. The average molecular weight is 370 g/mol. The molecule has 0 unspecified atom stereocenters. The molecule has 0 aliphatic rings. The number of hydrogen-bond donors (Lipinski definition) is 3. The van der Waals surface area contributed by atoms with Crippen LogP contribution in [0.1, 0.15) is 12.8 Å². The second-order valence-electron chi connectivity index (χ2n) is 5.66. The van der Waals surface area contributed by atoms with Gasteiger partial charge in [0.1, 0.15) is 16.7 Å². The van der Waals surface area contributed by atoms with Crippen molar-refractivity contribution < 1.29 is 34.1 Å². The molecule has 0 aliphatic carbocycles. The zero-order chi connectivity index (χ0) is 19.6. The standard InChI is InChI=1S/C19H14O8/c20-11-8-13(10-4-2-1-3-5-10)26-14-9-12(21)18(25)19(17(11)14)27-16(24)7-6-15(22)23/h1-5,8-9,21,25H,6-7H2,(H,22,23). The highest BCUT2D eigenvalue weighted by Gasteiger charge is 2.22. The summed E-state index contributed by atoms with van der Waals surface area (Å²) in [4.78, 5) is 34.9. The number of rotatable bonds is 5. The van der Waals surface area contributed by atoms with E-state index in [-0.39, 0.29) is 16.7 Å². The molecule has 0 spiro atoms. The Kier molecular flexibility index (Phi) is 4.80. The number of aliphatic carboxylic acids is 1. The Labute approximate surface area is 151 Å². The predicted octanol–water partition coefficient (Wildman–Crippen LogP) is 2.64. The molecule has 0 saturated heterocycles. The monoisotopic (exact) mass is 370 g/mol. The first-order valence-corrected chi connectivity index (χ1v) is 7.87. The van der Waals surface area contributed by atoms with Crippen molar-refractivity contribution in [2.45, 2.75) is 12.8 Å². The van der Waals surface area contributed by atoms with Gasteiger partial charge in [-0.25, -0.2) is 0 Å². The third-order valence-corrected chi connectivity index (χ3v) is 3.74. The number of hydrogen-bond acceptors (Lipinski definition) is 7. The maximum absolute atomic E-state index is 12.6. The molecular formula is C19H14O8. The first kappa shape index (κ1) is 18.0. The minimum atomic E-state index is -1.20. The summed E-state index contributed by atoms with van der Waals surface area (Å²) in [6.45, 7) is 0. The first-order valence-electron chi connectivity index (χ1n) is 7.87. The number of carboxylic acids is 1. The molecule has 0 radical (unpaired) electrons. The summed E-state index contributed by atoms with van der Waals surface area (Å²) in [5.74, 6) is -4.01. The molecule has 3 N–H and O–H groups in total. The molecular weight excluding hydrogens is 356 g/mol.